The monoisotopic (exact) mass is 390 g/mol. The highest BCUT2D eigenvalue weighted by molar-refractivity contribution is 5.98. The quantitative estimate of drug-likeness (QED) is 0.686. The predicted molar refractivity (Wildman–Crippen MR) is 103 cm³/mol. The Kier molecular flexibility index (Phi) is 7.82. The summed E-state index contributed by atoms with van der Waals surface area (Å²) in [5.41, 5.74) is 6.03. The third kappa shape index (κ3) is 5.46. The number of carbonyl (C=O) groups is 2. The number of aromatic nitrogens is 2. The van der Waals surface area contributed by atoms with Crippen molar-refractivity contribution in [2.24, 2.45) is 5.73 Å². The zero-order valence-electron chi connectivity index (χ0n) is 16.1. The van der Waals surface area contributed by atoms with E-state index in [1.807, 2.05) is 16.9 Å². The molecule has 1 saturated heterocycles. The number of carboxylic acid groups (broad SMARTS) is 1. The number of hydrogen-bond acceptors (Lipinski definition) is 6. The molecule has 3 N–H and O–H groups in total. The second kappa shape index (κ2) is 10.3. The SMILES string of the molecule is CC(=O)O.COc1cccc(C(=O)N2CC(n3cccn3)C2)c1OCCCN. The number of para-hydroxylation sites is 1. The van der Waals surface area contributed by atoms with Gasteiger partial charge in [0.2, 0.25) is 0 Å². The van der Waals surface area contributed by atoms with Crippen molar-refractivity contribution in [3.8, 4) is 11.5 Å². The average molecular weight is 390 g/mol. The molecule has 28 heavy (non-hydrogen) atoms. The van der Waals surface area contributed by atoms with Gasteiger partial charge in [0.05, 0.1) is 25.3 Å². The van der Waals surface area contributed by atoms with E-state index >= 15 is 0 Å². The highest BCUT2D eigenvalue weighted by atomic mass is 16.5. The number of hydrogen-bond donors (Lipinski definition) is 2. The highest BCUT2D eigenvalue weighted by Crippen LogP contribution is 2.33. The van der Waals surface area contributed by atoms with E-state index < -0.39 is 5.97 Å². The van der Waals surface area contributed by atoms with Crippen LogP contribution in [0, 0.1) is 0 Å². The maximum Gasteiger partial charge on any atom is 0.300 e. The Morgan fingerprint density at radius 2 is 2.04 bits per heavy atom. The second-order valence-electron chi connectivity index (χ2n) is 6.20. The smallest absolute Gasteiger partial charge is 0.300 e. The van der Waals surface area contributed by atoms with Gasteiger partial charge in [-0.05, 0) is 31.2 Å². The summed E-state index contributed by atoms with van der Waals surface area (Å²) in [6.45, 7) is 3.35. The molecule has 0 unspecified atom stereocenters. The first-order chi connectivity index (χ1) is 13.5. The van der Waals surface area contributed by atoms with Gasteiger partial charge < -0.3 is 25.2 Å². The molecule has 0 atom stereocenters. The van der Waals surface area contributed by atoms with Crippen LogP contribution in [0.1, 0.15) is 29.7 Å². The third-order valence-electron chi connectivity index (χ3n) is 4.07. The summed E-state index contributed by atoms with van der Waals surface area (Å²) in [4.78, 5) is 23.6. The molecule has 1 fully saturated rings. The van der Waals surface area contributed by atoms with Crippen LogP contribution in [0.15, 0.2) is 36.7 Å². The summed E-state index contributed by atoms with van der Waals surface area (Å²) in [6.07, 6.45) is 4.38. The van der Waals surface area contributed by atoms with Crippen molar-refractivity contribution in [2.75, 3.05) is 33.4 Å². The highest BCUT2D eigenvalue weighted by Gasteiger charge is 2.34. The van der Waals surface area contributed by atoms with Gasteiger partial charge >= 0.3 is 0 Å². The predicted octanol–water partition coefficient (Wildman–Crippen LogP) is 1.41. The maximum absolute atomic E-state index is 12.8. The van der Waals surface area contributed by atoms with Crippen LogP contribution in [0.4, 0.5) is 0 Å². The molecule has 152 valence electrons. The molecule has 0 spiro atoms. The molecule has 2 heterocycles. The van der Waals surface area contributed by atoms with Crippen molar-refractivity contribution in [2.45, 2.75) is 19.4 Å². The number of carboxylic acids is 1. The molecule has 1 aromatic carbocycles. The van der Waals surface area contributed by atoms with Gasteiger partial charge in [0.1, 0.15) is 0 Å². The zero-order valence-corrected chi connectivity index (χ0v) is 16.1. The van der Waals surface area contributed by atoms with Gasteiger partial charge in [-0.15, -0.1) is 0 Å². The molecular formula is C19H26N4O5. The molecule has 9 heteroatoms. The molecule has 0 aliphatic carbocycles. The maximum atomic E-state index is 12.8. The van der Waals surface area contributed by atoms with Crippen LogP contribution >= 0.6 is 0 Å². The Labute approximate surface area is 163 Å². The Balaban J connectivity index is 0.000000640. The van der Waals surface area contributed by atoms with Crippen LogP contribution in [-0.4, -0.2) is 65.0 Å². The number of ether oxygens (including phenoxy) is 2. The van der Waals surface area contributed by atoms with Gasteiger partial charge in [-0.3, -0.25) is 14.3 Å². The van der Waals surface area contributed by atoms with E-state index in [1.165, 1.54) is 0 Å². The van der Waals surface area contributed by atoms with Crippen molar-refractivity contribution in [1.82, 2.24) is 14.7 Å². The van der Waals surface area contributed by atoms with Gasteiger partial charge in [-0.25, -0.2) is 0 Å². The molecule has 1 aliphatic rings. The van der Waals surface area contributed by atoms with Crippen LogP contribution < -0.4 is 15.2 Å². The van der Waals surface area contributed by atoms with Crippen molar-refractivity contribution in [1.29, 1.82) is 0 Å². The van der Waals surface area contributed by atoms with Gasteiger partial charge in [0.25, 0.3) is 11.9 Å². The van der Waals surface area contributed by atoms with Crippen molar-refractivity contribution < 1.29 is 24.2 Å². The number of benzene rings is 1. The van der Waals surface area contributed by atoms with Crippen molar-refractivity contribution >= 4 is 11.9 Å². The Bertz CT molecular complexity index is 769. The number of nitrogens with two attached hydrogens (primary N) is 1. The first-order valence-electron chi connectivity index (χ1n) is 8.95. The van der Waals surface area contributed by atoms with Crippen molar-refractivity contribution in [3.63, 3.8) is 0 Å². The number of nitrogens with zero attached hydrogens (tertiary/aromatic N) is 3. The molecular weight excluding hydrogens is 364 g/mol. The number of likely N-dealkylation sites (tertiary alicyclic amines) is 1. The van der Waals surface area contributed by atoms with E-state index in [1.54, 1.807) is 36.4 Å². The minimum atomic E-state index is -0.833. The molecule has 3 rings (SSSR count). The van der Waals surface area contributed by atoms with E-state index in [2.05, 4.69) is 5.10 Å². The lowest BCUT2D eigenvalue weighted by Crippen LogP contribution is -2.50. The van der Waals surface area contributed by atoms with Crippen LogP contribution in [0.25, 0.3) is 0 Å². The van der Waals surface area contributed by atoms with Crippen molar-refractivity contribution in [3.05, 3.63) is 42.2 Å². The number of methoxy groups -OCH3 is 1. The van der Waals surface area contributed by atoms with Crippen LogP contribution in [0.5, 0.6) is 11.5 Å². The zero-order chi connectivity index (χ0) is 20.5. The average Bonchev–Trinajstić information content (AvgIpc) is 3.14. The number of carbonyl (C=O) groups excluding carboxylic acids is 1. The van der Waals surface area contributed by atoms with Gasteiger partial charge in [-0.2, -0.15) is 5.10 Å². The molecule has 1 amide bonds. The van der Waals surface area contributed by atoms with E-state index in [9.17, 15) is 4.79 Å². The normalized spacial score (nSPS) is 13.2. The molecule has 2 aromatic rings. The largest absolute Gasteiger partial charge is 0.493 e. The minimum Gasteiger partial charge on any atom is -0.493 e. The fourth-order valence-corrected chi connectivity index (χ4v) is 2.71. The topological polar surface area (TPSA) is 120 Å². The molecule has 1 aliphatic heterocycles. The third-order valence-corrected chi connectivity index (χ3v) is 4.07. The standard InChI is InChI=1S/C17H22N4O3.C2H4O2/c1-23-15-6-2-5-14(16(15)24-10-3-7-18)17(22)20-11-13(12-20)21-9-4-8-19-21;1-2(3)4/h2,4-6,8-9,13H,3,7,10-12,18H2,1H3;1H3,(H,3,4). The minimum absolute atomic E-state index is 0.0555. The molecule has 0 saturated carbocycles. The fourth-order valence-electron chi connectivity index (χ4n) is 2.71. The Morgan fingerprint density at radius 1 is 1.32 bits per heavy atom. The molecule has 1 aromatic heterocycles. The first-order valence-corrected chi connectivity index (χ1v) is 8.95. The molecule has 9 nitrogen and oxygen atoms in total. The van der Waals surface area contributed by atoms with Gasteiger partial charge in [-0.1, -0.05) is 6.07 Å². The lowest BCUT2D eigenvalue weighted by Gasteiger charge is -2.39. The summed E-state index contributed by atoms with van der Waals surface area (Å²) < 4.78 is 13.0. The Hall–Kier alpha value is -3.07. The lowest BCUT2D eigenvalue weighted by atomic mass is 10.1. The summed E-state index contributed by atoms with van der Waals surface area (Å²) in [5, 5.41) is 11.6. The van der Waals surface area contributed by atoms with E-state index in [4.69, 9.17) is 25.1 Å². The summed E-state index contributed by atoms with van der Waals surface area (Å²) in [7, 11) is 1.57. The molecule has 0 radical (unpaired) electrons. The van der Waals surface area contributed by atoms with E-state index in [0.29, 0.717) is 43.3 Å². The summed E-state index contributed by atoms with van der Waals surface area (Å²) >= 11 is 0. The Morgan fingerprint density at radius 3 is 2.61 bits per heavy atom. The van der Waals surface area contributed by atoms with Gasteiger partial charge in [0, 0.05) is 32.4 Å². The summed E-state index contributed by atoms with van der Waals surface area (Å²) in [5.74, 6) is 0.156. The van der Waals surface area contributed by atoms with Crippen LogP contribution in [-0.2, 0) is 4.79 Å². The number of aliphatic carboxylic acids is 1. The number of rotatable bonds is 7. The van der Waals surface area contributed by atoms with Crippen LogP contribution in [0.3, 0.4) is 0 Å². The van der Waals surface area contributed by atoms with Gasteiger partial charge in [0.15, 0.2) is 11.5 Å². The fraction of sp³-hybridized carbons (Fsp3) is 0.421. The first kappa shape index (κ1) is 21.2. The van der Waals surface area contributed by atoms with E-state index in [0.717, 1.165) is 13.3 Å². The second-order valence-corrected chi connectivity index (χ2v) is 6.20. The van der Waals surface area contributed by atoms with Crippen LogP contribution in [0.2, 0.25) is 0 Å². The molecule has 0 bridgehead atoms. The summed E-state index contributed by atoms with van der Waals surface area (Å²) in [6, 6.07) is 7.47. The van der Waals surface area contributed by atoms with E-state index in [-0.39, 0.29) is 11.9 Å². The number of amides is 1. The lowest BCUT2D eigenvalue weighted by molar-refractivity contribution is -0.134.